The number of piperidine rings is 1. The number of esters is 1. The average Bonchev–Trinajstić information content (AvgIpc) is 3.31. The van der Waals surface area contributed by atoms with Gasteiger partial charge in [0.25, 0.3) is 11.8 Å². The number of aliphatic hydroxyl groups is 1. The van der Waals surface area contributed by atoms with E-state index in [1.165, 1.54) is 4.90 Å². The van der Waals surface area contributed by atoms with Gasteiger partial charge in [0.15, 0.2) is 0 Å². The lowest BCUT2D eigenvalue weighted by Gasteiger charge is -2.37. The number of halogens is 1. The highest BCUT2D eigenvalue weighted by molar-refractivity contribution is 6.31. The number of amides is 2. The summed E-state index contributed by atoms with van der Waals surface area (Å²) in [6.07, 6.45) is 1.25. The molecule has 8 nitrogen and oxygen atoms in total. The molecule has 0 bridgehead atoms. The first-order valence-corrected chi connectivity index (χ1v) is 12.5. The van der Waals surface area contributed by atoms with Gasteiger partial charge in [0, 0.05) is 35.4 Å². The van der Waals surface area contributed by atoms with Gasteiger partial charge in [0.1, 0.15) is 5.69 Å². The smallest absolute Gasteiger partial charge is 0.309 e. The van der Waals surface area contributed by atoms with Crippen LogP contribution in [0.25, 0.3) is 10.9 Å². The Hall–Kier alpha value is -3.36. The summed E-state index contributed by atoms with van der Waals surface area (Å²) < 4.78 is 5.11. The molecular formula is C27H30ClN3O5. The molecule has 0 unspecified atom stereocenters. The van der Waals surface area contributed by atoms with E-state index in [1.807, 2.05) is 30.3 Å². The van der Waals surface area contributed by atoms with E-state index >= 15 is 0 Å². The van der Waals surface area contributed by atoms with Crippen molar-refractivity contribution >= 4 is 40.3 Å². The first-order chi connectivity index (χ1) is 17.3. The molecule has 4 rings (SSSR count). The summed E-state index contributed by atoms with van der Waals surface area (Å²) in [4.78, 5) is 43.3. The molecule has 2 aromatic carbocycles. The fraction of sp³-hybridized carbons (Fsp3) is 0.370. The number of likely N-dealkylation sites (tertiary alicyclic amines) is 1. The highest BCUT2D eigenvalue weighted by atomic mass is 35.5. The van der Waals surface area contributed by atoms with E-state index in [9.17, 15) is 19.5 Å². The normalized spacial score (nSPS) is 15.9. The quantitative estimate of drug-likeness (QED) is 0.315. The molecule has 0 saturated carbocycles. The van der Waals surface area contributed by atoms with Crippen LogP contribution in [0.15, 0.2) is 54.6 Å². The molecule has 1 aromatic heterocycles. The van der Waals surface area contributed by atoms with Crippen molar-refractivity contribution in [3.05, 3.63) is 70.9 Å². The van der Waals surface area contributed by atoms with Crippen LogP contribution in [0, 0.1) is 5.92 Å². The average molecular weight is 512 g/mol. The van der Waals surface area contributed by atoms with E-state index in [0.29, 0.717) is 36.4 Å². The van der Waals surface area contributed by atoms with E-state index in [4.69, 9.17) is 16.3 Å². The molecule has 1 aliphatic rings. The third-order valence-corrected chi connectivity index (χ3v) is 6.76. The number of nitrogens with one attached hydrogen (secondary N) is 2. The molecule has 2 amide bonds. The van der Waals surface area contributed by atoms with Crippen LogP contribution < -0.4 is 5.32 Å². The summed E-state index contributed by atoms with van der Waals surface area (Å²) in [5.41, 5.74) is -0.276. The van der Waals surface area contributed by atoms with E-state index in [1.54, 1.807) is 31.2 Å². The second kappa shape index (κ2) is 11.1. The zero-order valence-electron chi connectivity index (χ0n) is 20.1. The van der Waals surface area contributed by atoms with Crippen molar-refractivity contribution in [3.63, 3.8) is 0 Å². The Kier molecular flexibility index (Phi) is 7.96. The number of fused-ring (bicyclic) bond motifs is 1. The third kappa shape index (κ3) is 5.88. The summed E-state index contributed by atoms with van der Waals surface area (Å²) in [5, 5.41) is 15.4. The van der Waals surface area contributed by atoms with Crippen LogP contribution in [0.4, 0.5) is 0 Å². The molecule has 3 aromatic rings. The number of hydrogen-bond donors (Lipinski definition) is 3. The minimum absolute atomic E-state index is 0.00848. The van der Waals surface area contributed by atoms with Gasteiger partial charge in [-0.15, -0.1) is 0 Å². The summed E-state index contributed by atoms with van der Waals surface area (Å²) >= 11 is 6.05. The molecule has 36 heavy (non-hydrogen) atoms. The maximum Gasteiger partial charge on any atom is 0.309 e. The Morgan fingerprint density at radius 2 is 1.86 bits per heavy atom. The van der Waals surface area contributed by atoms with Crippen LogP contribution in [0.1, 0.15) is 42.2 Å². The van der Waals surface area contributed by atoms with Crippen LogP contribution in [0.5, 0.6) is 0 Å². The van der Waals surface area contributed by atoms with Gasteiger partial charge in [0.2, 0.25) is 5.72 Å². The lowest BCUT2D eigenvalue weighted by atomic mass is 9.94. The van der Waals surface area contributed by atoms with Crippen molar-refractivity contribution in [1.82, 2.24) is 15.2 Å². The second-order valence-electron chi connectivity index (χ2n) is 9.03. The van der Waals surface area contributed by atoms with Gasteiger partial charge in [-0.3, -0.25) is 14.4 Å². The van der Waals surface area contributed by atoms with Gasteiger partial charge in [0.05, 0.1) is 12.5 Å². The largest absolute Gasteiger partial charge is 0.466 e. The lowest BCUT2D eigenvalue weighted by molar-refractivity contribution is -0.159. The lowest BCUT2D eigenvalue weighted by Crippen LogP contribution is -2.61. The molecule has 190 valence electrons. The Labute approximate surface area is 214 Å². The SMILES string of the molecule is CCOC(=O)C1CCN(C(=O)[C@](O)(CCc2ccccc2)NC(=O)c2cc3cc(Cl)ccc3[nH]2)CC1. The zero-order valence-corrected chi connectivity index (χ0v) is 20.9. The molecular weight excluding hydrogens is 482 g/mol. The molecule has 9 heteroatoms. The first kappa shape index (κ1) is 25.7. The van der Waals surface area contributed by atoms with Gasteiger partial charge in [-0.1, -0.05) is 41.9 Å². The van der Waals surface area contributed by atoms with Crippen LogP contribution in [0.3, 0.4) is 0 Å². The number of hydrogen-bond acceptors (Lipinski definition) is 5. The van der Waals surface area contributed by atoms with E-state index < -0.39 is 17.5 Å². The highest BCUT2D eigenvalue weighted by Crippen LogP contribution is 2.24. The topological polar surface area (TPSA) is 112 Å². The Bertz CT molecular complexity index is 1240. The van der Waals surface area contributed by atoms with Crippen LogP contribution >= 0.6 is 11.6 Å². The van der Waals surface area contributed by atoms with Crippen LogP contribution in [-0.4, -0.2) is 58.2 Å². The molecule has 3 N–H and O–H groups in total. The zero-order chi connectivity index (χ0) is 25.7. The number of aryl methyl sites for hydroxylation is 1. The summed E-state index contributed by atoms with van der Waals surface area (Å²) in [7, 11) is 0. The number of H-pyrrole nitrogens is 1. The molecule has 0 aliphatic carbocycles. The van der Waals surface area contributed by atoms with Crippen molar-refractivity contribution in [1.29, 1.82) is 0 Å². The monoisotopic (exact) mass is 511 g/mol. The van der Waals surface area contributed by atoms with E-state index in [0.717, 1.165) is 10.9 Å². The van der Waals surface area contributed by atoms with Crippen molar-refractivity contribution in [2.24, 2.45) is 5.92 Å². The second-order valence-corrected chi connectivity index (χ2v) is 9.47. The molecule has 1 aliphatic heterocycles. The third-order valence-electron chi connectivity index (χ3n) is 6.52. The number of ether oxygens (including phenoxy) is 1. The number of aromatic amines is 1. The molecule has 1 saturated heterocycles. The Balaban J connectivity index is 1.52. The first-order valence-electron chi connectivity index (χ1n) is 12.1. The summed E-state index contributed by atoms with van der Waals surface area (Å²) in [6, 6.07) is 16.3. The molecule has 0 radical (unpaired) electrons. The van der Waals surface area contributed by atoms with Crippen LogP contribution in [-0.2, 0) is 20.7 Å². The van der Waals surface area contributed by atoms with E-state index in [2.05, 4.69) is 10.3 Å². The number of benzene rings is 2. The maximum atomic E-state index is 13.5. The minimum Gasteiger partial charge on any atom is -0.466 e. The van der Waals surface area contributed by atoms with E-state index in [-0.39, 0.29) is 37.1 Å². The molecule has 1 fully saturated rings. The van der Waals surface area contributed by atoms with Crippen molar-refractivity contribution in [3.8, 4) is 0 Å². The predicted molar refractivity (Wildman–Crippen MR) is 136 cm³/mol. The van der Waals surface area contributed by atoms with Gasteiger partial charge in [-0.25, -0.2) is 0 Å². The highest BCUT2D eigenvalue weighted by Gasteiger charge is 2.42. The standard InChI is InChI=1S/C27H30ClN3O5/c1-2-36-25(33)19-11-14-31(15-12-19)26(34)27(35,13-10-18-6-4-3-5-7-18)30-24(32)23-17-20-16-21(28)8-9-22(20)29-23/h3-9,16-17,19,29,35H,2,10-15H2,1H3,(H,30,32)/t27-/m1/s1. The number of aromatic nitrogens is 1. The minimum atomic E-state index is -2.13. The summed E-state index contributed by atoms with van der Waals surface area (Å²) in [5.74, 6) is -1.74. The van der Waals surface area contributed by atoms with Crippen molar-refractivity contribution in [2.75, 3.05) is 19.7 Å². The van der Waals surface area contributed by atoms with Crippen LogP contribution in [0.2, 0.25) is 5.02 Å². The number of carbonyl (C=O) groups excluding carboxylic acids is 3. The molecule has 2 heterocycles. The van der Waals surface area contributed by atoms with Gasteiger partial charge < -0.3 is 25.0 Å². The van der Waals surface area contributed by atoms with Gasteiger partial charge in [-0.2, -0.15) is 0 Å². The molecule has 1 atom stereocenters. The summed E-state index contributed by atoms with van der Waals surface area (Å²) in [6.45, 7) is 2.64. The maximum absolute atomic E-state index is 13.5. The van der Waals surface area contributed by atoms with Crippen molar-refractivity contribution in [2.45, 2.75) is 38.3 Å². The van der Waals surface area contributed by atoms with Crippen molar-refractivity contribution < 1.29 is 24.2 Å². The fourth-order valence-corrected chi connectivity index (χ4v) is 4.69. The number of nitrogens with zero attached hydrogens (tertiary/aromatic N) is 1. The Morgan fingerprint density at radius 3 is 2.56 bits per heavy atom. The predicted octanol–water partition coefficient (Wildman–Crippen LogP) is 3.67. The number of rotatable bonds is 8. The Morgan fingerprint density at radius 1 is 1.14 bits per heavy atom. The number of carbonyl (C=O) groups is 3. The van der Waals surface area contributed by atoms with Gasteiger partial charge >= 0.3 is 5.97 Å². The molecule has 0 spiro atoms. The fourth-order valence-electron chi connectivity index (χ4n) is 4.51. The van der Waals surface area contributed by atoms with Gasteiger partial charge in [-0.05, 0) is 56.0 Å².